The van der Waals surface area contributed by atoms with E-state index in [0.717, 1.165) is 54.3 Å². The number of aryl methyl sites for hydroxylation is 2. The molecule has 4 fully saturated rings. The van der Waals surface area contributed by atoms with Crippen LogP contribution in [0.2, 0.25) is 0 Å². The molecule has 2 saturated heterocycles. The molecule has 2 aliphatic carbocycles. The molecule has 43 heavy (non-hydrogen) atoms. The van der Waals surface area contributed by atoms with Crippen LogP contribution in [-0.2, 0) is 25.6 Å². The summed E-state index contributed by atoms with van der Waals surface area (Å²) in [5.41, 5.74) is 3.56. The Morgan fingerprint density at radius 2 is 1.79 bits per heavy atom. The van der Waals surface area contributed by atoms with Gasteiger partial charge in [0, 0.05) is 42.7 Å². The molecular formula is C32H38N6O5. The zero-order valence-corrected chi connectivity index (χ0v) is 25.2. The third-order valence-corrected chi connectivity index (χ3v) is 9.88. The molecule has 4 aliphatic rings. The maximum atomic E-state index is 14.0. The maximum absolute atomic E-state index is 14.0. The summed E-state index contributed by atoms with van der Waals surface area (Å²) in [5.74, 6) is -0.585. The van der Waals surface area contributed by atoms with Crippen molar-refractivity contribution in [3.8, 4) is 11.1 Å². The Hall–Kier alpha value is -3.70. The summed E-state index contributed by atoms with van der Waals surface area (Å²) in [6.07, 6.45) is 8.56. The molecule has 4 atom stereocenters. The lowest BCUT2D eigenvalue weighted by atomic mass is 9.88. The first-order valence-electron chi connectivity index (χ1n) is 15.3. The number of amides is 2. The van der Waals surface area contributed by atoms with Gasteiger partial charge in [0.25, 0.3) is 0 Å². The van der Waals surface area contributed by atoms with Crippen LogP contribution in [0.3, 0.4) is 0 Å². The van der Waals surface area contributed by atoms with Crippen molar-refractivity contribution in [2.45, 2.75) is 96.7 Å². The van der Waals surface area contributed by atoms with Crippen molar-refractivity contribution in [1.29, 1.82) is 0 Å². The minimum Gasteiger partial charge on any atom is -0.346 e. The fourth-order valence-corrected chi connectivity index (χ4v) is 7.56. The number of fused-ring (bicyclic) bond motifs is 2. The number of likely N-dealkylation sites (tertiary alicyclic amines) is 1. The number of nitrogens with zero attached hydrogens (tertiary/aromatic N) is 5. The maximum Gasteiger partial charge on any atom is 0.245 e. The van der Waals surface area contributed by atoms with Gasteiger partial charge in [-0.3, -0.25) is 19.1 Å². The molecule has 2 aliphatic heterocycles. The summed E-state index contributed by atoms with van der Waals surface area (Å²) in [4.78, 5) is 50.9. The van der Waals surface area contributed by atoms with Crippen LogP contribution in [0.5, 0.6) is 0 Å². The molecule has 0 unspecified atom stereocenters. The van der Waals surface area contributed by atoms with Crippen LogP contribution in [0, 0.1) is 19.3 Å². The molecule has 226 valence electrons. The average Bonchev–Trinajstić information content (AvgIpc) is 3.30. The summed E-state index contributed by atoms with van der Waals surface area (Å²) < 4.78 is 13.7. The fourth-order valence-electron chi connectivity index (χ4n) is 7.56. The van der Waals surface area contributed by atoms with Crippen LogP contribution < -0.4 is 5.32 Å². The van der Waals surface area contributed by atoms with E-state index in [1.807, 2.05) is 26.0 Å². The molecule has 2 amide bonds. The van der Waals surface area contributed by atoms with E-state index >= 15 is 0 Å². The lowest BCUT2D eigenvalue weighted by molar-refractivity contribution is -0.196. The SMILES string of the molecule is CC(=O)c1nn(CC(=O)N2[C@H](C(=O)N[C@@H]3CCCCC34OCCO4)C[C@@]3(C)C[C@@H]23)c2c(C)cc(-c3cnc(C)nc3)cc12. The fraction of sp³-hybridized carbons (Fsp3) is 0.562. The van der Waals surface area contributed by atoms with Gasteiger partial charge in [0.15, 0.2) is 11.6 Å². The van der Waals surface area contributed by atoms with Gasteiger partial charge in [-0.05, 0) is 68.2 Å². The van der Waals surface area contributed by atoms with E-state index in [9.17, 15) is 14.4 Å². The molecule has 1 N–H and O–H groups in total. The van der Waals surface area contributed by atoms with Crippen molar-refractivity contribution in [3.63, 3.8) is 0 Å². The third-order valence-electron chi connectivity index (χ3n) is 9.88. The van der Waals surface area contributed by atoms with Gasteiger partial charge in [-0.2, -0.15) is 5.10 Å². The van der Waals surface area contributed by atoms with Gasteiger partial charge in [-0.25, -0.2) is 9.97 Å². The smallest absolute Gasteiger partial charge is 0.245 e. The average molecular weight is 587 g/mol. The Labute approximate surface area is 250 Å². The molecule has 3 aromatic rings. The number of aromatic nitrogens is 4. The van der Waals surface area contributed by atoms with E-state index in [1.54, 1.807) is 22.0 Å². The predicted octanol–water partition coefficient (Wildman–Crippen LogP) is 3.49. The first kappa shape index (κ1) is 28.1. The first-order chi connectivity index (χ1) is 20.6. The molecule has 2 aromatic heterocycles. The normalized spacial score (nSPS) is 27.4. The van der Waals surface area contributed by atoms with E-state index in [2.05, 4.69) is 27.3 Å². The number of carbonyl (C=O) groups is 3. The summed E-state index contributed by atoms with van der Waals surface area (Å²) in [5, 5.41) is 8.54. The molecule has 11 nitrogen and oxygen atoms in total. The second kappa shape index (κ2) is 10.2. The molecule has 2 saturated carbocycles. The van der Waals surface area contributed by atoms with Gasteiger partial charge in [0.1, 0.15) is 24.1 Å². The molecule has 1 aromatic carbocycles. The predicted molar refractivity (Wildman–Crippen MR) is 157 cm³/mol. The second-order valence-corrected chi connectivity index (χ2v) is 13.0. The van der Waals surface area contributed by atoms with E-state index in [1.165, 1.54) is 6.92 Å². The molecule has 1 spiro atoms. The van der Waals surface area contributed by atoms with Crippen molar-refractivity contribution in [2.24, 2.45) is 5.41 Å². The van der Waals surface area contributed by atoms with Crippen LogP contribution in [0.15, 0.2) is 24.5 Å². The van der Waals surface area contributed by atoms with Gasteiger partial charge in [0.2, 0.25) is 11.8 Å². The topological polar surface area (TPSA) is 129 Å². The highest BCUT2D eigenvalue weighted by Gasteiger charge is 2.64. The van der Waals surface area contributed by atoms with Gasteiger partial charge >= 0.3 is 0 Å². The van der Waals surface area contributed by atoms with Crippen LogP contribution >= 0.6 is 0 Å². The van der Waals surface area contributed by atoms with Crippen LogP contribution in [0.25, 0.3) is 22.0 Å². The van der Waals surface area contributed by atoms with Crippen molar-refractivity contribution in [3.05, 3.63) is 41.6 Å². The highest BCUT2D eigenvalue weighted by Crippen LogP contribution is 2.59. The Kier molecular flexibility index (Phi) is 6.66. The quantitative estimate of drug-likeness (QED) is 0.435. The number of ether oxygens (including phenoxy) is 2. The minimum absolute atomic E-state index is 0.0124. The first-order valence-corrected chi connectivity index (χ1v) is 15.3. The summed E-state index contributed by atoms with van der Waals surface area (Å²) in [6, 6.07) is 3.12. The summed E-state index contributed by atoms with van der Waals surface area (Å²) in [7, 11) is 0. The van der Waals surface area contributed by atoms with Crippen molar-refractivity contribution < 1.29 is 23.9 Å². The Morgan fingerprint density at radius 3 is 2.51 bits per heavy atom. The number of benzene rings is 1. The van der Waals surface area contributed by atoms with E-state index in [0.29, 0.717) is 36.5 Å². The summed E-state index contributed by atoms with van der Waals surface area (Å²) in [6.45, 7) is 8.40. The largest absolute Gasteiger partial charge is 0.346 e. The van der Waals surface area contributed by atoms with E-state index in [4.69, 9.17) is 9.47 Å². The van der Waals surface area contributed by atoms with Crippen LogP contribution in [-0.4, -0.2) is 79.4 Å². The molecule has 0 radical (unpaired) electrons. The zero-order valence-electron chi connectivity index (χ0n) is 25.2. The number of ketones is 1. The minimum atomic E-state index is -0.758. The van der Waals surface area contributed by atoms with Crippen molar-refractivity contribution in [1.82, 2.24) is 30.0 Å². The van der Waals surface area contributed by atoms with Gasteiger partial charge in [-0.1, -0.05) is 13.3 Å². The number of carbonyl (C=O) groups excluding carboxylic acids is 3. The molecule has 0 bridgehead atoms. The van der Waals surface area contributed by atoms with Gasteiger partial charge in [0.05, 0.1) is 24.8 Å². The number of rotatable bonds is 6. The van der Waals surface area contributed by atoms with Crippen LogP contribution in [0.4, 0.5) is 0 Å². The standard InChI is InChI=1S/C32H38N6O5/c1-18-11-21(22-15-33-20(3)34-16-22)12-23-28(19(2)39)36-37(29(18)23)17-27(40)38-24(13-31(4)14-26(31)38)30(41)35-25-7-5-6-8-32(25)42-9-10-43-32/h11-12,15-16,24-26H,5-10,13-14,17H2,1-4H3,(H,35,41)/t24-,25+,26+,31-/m0/s1. The number of piperidine rings is 1. The Bertz CT molecular complexity index is 1630. The number of nitrogens with one attached hydrogen (secondary N) is 1. The number of Topliss-reactive ketones (excluding diaryl/α,β-unsaturated/α-hetero) is 1. The van der Waals surface area contributed by atoms with E-state index in [-0.39, 0.29) is 41.6 Å². The number of hydrogen-bond acceptors (Lipinski definition) is 8. The van der Waals surface area contributed by atoms with E-state index < -0.39 is 11.8 Å². The second-order valence-electron chi connectivity index (χ2n) is 13.0. The highest BCUT2D eigenvalue weighted by molar-refractivity contribution is 6.07. The highest BCUT2D eigenvalue weighted by atomic mass is 16.7. The Morgan fingerprint density at radius 1 is 1.05 bits per heavy atom. The number of hydrogen-bond donors (Lipinski definition) is 1. The molecular weight excluding hydrogens is 548 g/mol. The molecule has 4 heterocycles. The van der Waals surface area contributed by atoms with Crippen LogP contribution in [0.1, 0.15) is 74.2 Å². The zero-order chi connectivity index (χ0) is 30.1. The lowest BCUT2D eigenvalue weighted by Gasteiger charge is -2.40. The monoisotopic (exact) mass is 586 g/mol. The molecule has 11 heteroatoms. The summed E-state index contributed by atoms with van der Waals surface area (Å²) >= 11 is 0. The van der Waals surface area contributed by atoms with Crippen molar-refractivity contribution >= 4 is 28.5 Å². The Balaban J connectivity index is 1.17. The van der Waals surface area contributed by atoms with Gasteiger partial charge in [-0.15, -0.1) is 0 Å². The van der Waals surface area contributed by atoms with Crippen molar-refractivity contribution in [2.75, 3.05) is 13.2 Å². The lowest BCUT2D eigenvalue weighted by Crippen LogP contribution is -2.59. The molecule has 7 rings (SSSR count). The third kappa shape index (κ3) is 4.73. The van der Waals surface area contributed by atoms with Gasteiger partial charge < -0.3 is 19.7 Å².